The lowest BCUT2D eigenvalue weighted by Crippen LogP contribution is -2.25. The standard InChI is InChI=1S/C14H17F2N/c15-12-3-1-2-10(13(12)16)8-17-9-14(6-7-14)11-4-5-11/h1-3,11,17H,4-9H2. The maximum Gasteiger partial charge on any atom is 0.163 e. The summed E-state index contributed by atoms with van der Waals surface area (Å²) >= 11 is 0. The van der Waals surface area contributed by atoms with E-state index < -0.39 is 11.6 Å². The SMILES string of the molecule is Fc1cccc(CNCC2(C3CC3)CC2)c1F. The molecule has 0 heterocycles. The molecule has 17 heavy (non-hydrogen) atoms. The van der Waals surface area contributed by atoms with Gasteiger partial charge in [-0.25, -0.2) is 8.78 Å². The van der Waals surface area contributed by atoms with Crippen LogP contribution in [0.25, 0.3) is 0 Å². The number of hydrogen-bond donors (Lipinski definition) is 1. The summed E-state index contributed by atoms with van der Waals surface area (Å²) in [6, 6.07) is 4.36. The number of benzene rings is 1. The molecule has 0 unspecified atom stereocenters. The molecule has 2 fully saturated rings. The molecule has 3 heteroatoms. The van der Waals surface area contributed by atoms with Crippen LogP contribution in [0.15, 0.2) is 18.2 Å². The zero-order chi connectivity index (χ0) is 11.9. The number of rotatable bonds is 5. The molecular weight excluding hydrogens is 220 g/mol. The molecule has 2 saturated carbocycles. The minimum absolute atomic E-state index is 0.427. The molecule has 3 rings (SSSR count). The van der Waals surface area contributed by atoms with E-state index in [0.29, 0.717) is 17.5 Å². The van der Waals surface area contributed by atoms with Crippen molar-refractivity contribution in [3.63, 3.8) is 0 Å². The predicted octanol–water partition coefficient (Wildman–Crippen LogP) is 3.24. The third-order valence-electron chi connectivity index (χ3n) is 4.16. The van der Waals surface area contributed by atoms with Crippen LogP contribution in [0.3, 0.4) is 0 Å². The molecule has 2 aliphatic carbocycles. The first kappa shape index (κ1) is 11.1. The van der Waals surface area contributed by atoms with Crippen molar-refractivity contribution in [2.24, 2.45) is 11.3 Å². The van der Waals surface area contributed by atoms with Crippen molar-refractivity contribution < 1.29 is 8.78 Å². The van der Waals surface area contributed by atoms with Gasteiger partial charge >= 0.3 is 0 Å². The third kappa shape index (κ3) is 2.21. The third-order valence-corrected chi connectivity index (χ3v) is 4.16. The quantitative estimate of drug-likeness (QED) is 0.829. The van der Waals surface area contributed by atoms with Gasteiger partial charge in [-0.15, -0.1) is 0 Å². The van der Waals surface area contributed by atoms with Crippen LogP contribution in [0.1, 0.15) is 31.2 Å². The van der Waals surface area contributed by atoms with Crippen LogP contribution in [0.2, 0.25) is 0 Å². The zero-order valence-corrected chi connectivity index (χ0v) is 9.81. The molecule has 0 saturated heterocycles. The Balaban J connectivity index is 1.55. The predicted molar refractivity (Wildman–Crippen MR) is 62.5 cm³/mol. The van der Waals surface area contributed by atoms with Crippen molar-refractivity contribution in [1.82, 2.24) is 5.32 Å². The molecule has 0 atom stereocenters. The average Bonchev–Trinajstić information content (AvgIpc) is 3.14. The van der Waals surface area contributed by atoms with E-state index in [0.717, 1.165) is 18.5 Å². The van der Waals surface area contributed by atoms with Crippen LogP contribution in [-0.4, -0.2) is 6.54 Å². The van der Waals surface area contributed by atoms with E-state index in [9.17, 15) is 8.78 Å². The van der Waals surface area contributed by atoms with Crippen molar-refractivity contribution in [1.29, 1.82) is 0 Å². The van der Waals surface area contributed by atoms with Gasteiger partial charge in [0.25, 0.3) is 0 Å². The van der Waals surface area contributed by atoms with E-state index in [1.54, 1.807) is 12.1 Å². The van der Waals surface area contributed by atoms with E-state index >= 15 is 0 Å². The van der Waals surface area contributed by atoms with E-state index in [4.69, 9.17) is 0 Å². The van der Waals surface area contributed by atoms with E-state index in [-0.39, 0.29) is 0 Å². The molecule has 1 nitrogen and oxygen atoms in total. The van der Waals surface area contributed by atoms with Crippen molar-refractivity contribution in [2.75, 3.05) is 6.54 Å². The summed E-state index contributed by atoms with van der Waals surface area (Å²) in [5.41, 5.74) is 0.931. The normalized spacial score (nSPS) is 21.5. The summed E-state index contributed by atoms with van der Waals surface area (Å²) in [7, 11) is 0. The summed E-state index contributed by atoms with van der Waals surface area (Å²) in [6.45, 7) is 1.38. The molecule has 0 aliphatic heterocycles. The van der Waals surface area contributed by atoms with E-state index in [2.05, 4.69) is 5.32 Å². The van der Waals surface area contributed by atoms with Gasteiger partial charge in [-0.3, -0.25) is 0 Å². The molecule has 1 N–H and O–H groups in total. The minimum Gasteiger partial charge on any atom is -0.312 e. The Morgan fingerprint density at radius 2 is 2.00 bits per heavy atom. The molecule has 92 valence electrons. The van der Waals surface area contributed by atoms with E-state index in [1.165, 1.54) is 25.7 Å². The van der Waals surface area contributed by atoms with Crippen LogP contribution in [0.5, 0.6) is 0 Å². The first-order valence-electron chi connectivity index (χ1n) is 6.35. The highest BCUT2D eigenvalue weighted by molar-refractivity contribution is 5.19. The van der Waals surface area contributed by atoms with Crippen molar-refractivity contribution in [2.45, 2.75) is 32.2 Å². The Hall–Kier alpha value is -0.960. The molecule has 2 aliphatic rings. The summed E-state index contributed by atoms with van der Waals surface area (Å²) in [6.07, 6.45) is 5.32. The molecule has 1 aromatic carbocycles. The fourth-order valence-corrected chi connectivity index (χ4v) is 2.72. The van der Waals surface area contributed by atoms with Gasteiger partial charge in [-0.2, -0.15) is 0 Å². The van der Waals surface area contributed by atoms with Gasteiger partial charge in [-0.1, -0.05) is 12.1 Å². The fourth-order valence-electron chi connectivity index (χ4n) is 2.72. The van der Waals surface area contributed by atoms with Crippen LogP contribution < -0.4 is 5.32 Å². The smallest absolute Gasteiger partial charge is 0.163 e. The second-order valence-corrected chi connectivity index (χ2v) is 5.45. The Morgan fingerprint density at radius 1 is 1.24 bits per heavy atom. The maximum atomic E-state index is 13.4. The number of hydrogen-bond acceptors (Lipinski definition) is 1. The Kier molecular flexibility index (Phi) is 2.66. The Labute approximate surface area is 100 Å². The Bertz CT molecular complexity index is 422. The largest absolute Gasteiger partial charge is 0.312 e. The maximum absolute atomic E-state index is 13.4. The van der Waals surface area contributed by atoms with Crippen LogP contribution in [0.4, 0.5) is 8.78 Å². The van der Waals surface area contributed by atoms with Gasteiger partial charge in [0.05, 0.1) is 0 Å². The topological polar surface area (TPSA) is 12.0 Å². The lowest BCUT2D eigenvalue weighted by atomic mass is 10.0. The van der Waals surface area contributed by atoms with Gasteiger partial charge in [0, 0.05) is 18.7 Å². The van der Waals surface area contributed by atoms with Crippen LogP contribution in [-0.2, 0) is 6.54 Å². The van der Waals surface area contributed by atoms with Crippen LogP contribution >= 0.6 is 0 Å². The highest BCUT2D eigenvalue weighted by atomic mass is 19.2. The molecular formula is C14H17F2N. The highest BCUT2D eigenvalue weighted by Gasteiger charge is 2.53. The van der Waals surface area contributed by atoms with Gasteiger partial charge in [0.15, 0.2) is 11.6 Å². The minimum atomic E-state index is -0.757. The summed E-state index contributed by atoms with van der Waals surface area (Å²) in [5.74, 6) is -0.573. The lowest BCUT2D eigenvalue weighted by molar-refractivity contribution is 0.399. The molecule has 1 aromatic rings. The van der Waals surface area contributed by atoms with E-state index in [1.807, 2.05) is 0 Å². The number of nitrogens with one attached hydrogen (secondary N) is 1. The highest BCUT2D eigenvalue weighted by Crippen LogP contribution is 2.60. The first-order chi connectivity index (χ1) is 8.21. The number of halogens is 2. The van der Waals surface area contributed by atoms with Gasteiger partial charge in [0.1, 0.15) is 0 Å². The fraction of sp³-hybridized carbons (Fsp3) is 0.571. The van der Waals surface area contributed by atoms with Crippen LogP contribution in [0, 0.1) is 23.0 Å². The second kappa shape index (κ2) is 4.05. The summed E-state index contributed by atoms with van der Waals surface area (Å²) in [4.78, 5) is 0. The van der Waals surface area contributed by atoms with Gasteiger partial charge < -0.3 is 5.32 Å². The second-order valence-electron chi connectivity index (χ2n) is 5.45. The van der Waals surface area contributed by atoms with Crippen molar-refractivity contribution in [3.05, 3.63) is 35.4 Å². The van der Waals surface area contributed by atoms with Gasteiger partial charge in [-0.05, 0) is 43.1 Å². The van der Waals surface area contributed by atoms with Crippen molar-refractivity contribution in [3.8, 4) is 0 Å². The first-order valence-corrected chi connectivity index (χ1v) is 6.35. The average molecular weight is 237 g/mol. The molecule has 0 spiro atoms. The zero-order valence-electron chi connectivity index (χ0n) is 9.81. The summed E-state index contributed by atoms with van der Waals surface area (Å²) in [5, 5.41) is 3.29. The lowest BCUT2D eigenvalue weighted by Gasteiger charge is -2.15. The molecule has 0 bridgehead atoms. The molecule has 0 radical (unpaired) electrons. The molecule has 0 amide bonds. The monoisotopic (exact) mass is 237 g/mol. The van der Waals surface area contributed by atoms with Crippen molar-refractivity contribution >= 4 is 0 Å². The van der Waals surface area contributed by atoms with Gasteiger partial charge in [0.2, 0.25) is 0 Å². The molecule has 0 aromatic heterocycles. The Morgan fingerprint density at radius 3 is 2.65 bits per heavy atom. The summed E-state index contributed by atoms with van der Waals surface area (Å²) < 4.78 is 26.4.